The van der Waals surface area contributed by atoms with Gasteiger partial charge in [-0.3, -0.25) is 14.5 Å². The van der Waals surface area contributed by atoms with Gasteiger partial charge in [-0.2, -0.15) is 0 Å². The van der Waals surface area contributed by atoms with Gasteiger partial charge in [0.05, 0.1) is 0 Å². The summed E-state index contributed by atoms with van der Waals surface area (Å²) >= 11 is 0. The van der Waals surface area contributed by atoms with Crippen molar-refractivity contribution in [3.63, 3.8) is 0 Å². The maximum absolute atomic E-state index is 12.9. The van der Waals surface area contributed by atoms with E-state index in [0.29, 0.717) is 12.1 Å². The fourth-order valence-electron chi connectivity index (χ4n) is 3.79. The molecule has 0 bridgehead atoms. The molecular formula is C19H25N3O3. The first-order valence-electron chi connectivity index (χ1n) is 8.96. The van der Waals surface area contributed by atoms with Crippen LogP contribution in [-0.2, 0) is 15.1 Å². The summed E-state index contributed by atoms with van der Waals surface area (Å²) in [5.74, 6) is -0.519. The van der Waals surface area contributed by atoms with Crippen molar-refractivity contribution in [2.24, 2.45) is 0 Å². The first-order chi connectivity index (χ1) is 12.0. The molecule has 1 aromatic rings. The molecule has 4 amide bonds. The standard InChI is InChI=1S/C19H25N3O3/c1-3-15-11-7-8-12-21(15)16(23)13-22-17(24)19(2,20-18(22)25)14-9-5-4-6-10-14/h4-6,9-10,15H,3,7-8,11-13H2,1-2H3,(H,20,25)/t15-,19-/m1/s1. The Labute approximate surface area is 148 Å². The molecule has 2 saturated heterocycles. The predicted molar refractivity (Wildman–Crippen MR) is 93.7 cm³/mol. The number of nitrogens with one attached hydrogen (secondary N) is 1. The zero-order chi connectivity index (χ0) is 18.0. The van der Waals surface area contributed by atoms with Crippen molar-refractivity contribution in [2.45, 2.75) is 51.1 Å². The molecule has 0 radical (unpaired) electrons. The second-order valence-electron chi connectivity index (χ2n) is 6.96. The van der Waals surface area contributed by atoms with Gasteiger partial charge in [-0.25, -0.2) is 4.79 Å². The van der Waals surface area contributed by atoms with Gasteiger partial charge < -0.3 is 10.2 Å². The molecule has 1 aromatic carbocycles. The normalized spacial score (nSPS) is 26.7. The topological polar surface area (TPSA) is 69.7 Å². The van der Waals surface area contributed by atoms with Crippen LogP contribution in [0.5, 0.6) is 0 Å². The van der Waals surface area contributed by atoms with Gasteiger partial charge in [0.15, 0.2) is 0 Å². The second-order valence-corrected chi connectivity index (χ2v) is 6.96. The summed E-state index contributed by atoms with van der Waals surface area (Å²) in [6.07, 6.45) is 3.99. The number of amides is 4. The van der Waals surface area contributed by atoms with Crippen molar-refractivity contribution in [3.05, 3.63) is 35.9 Å². The largest absolute Gasteiger partial charge is 0.338 e. The molecule has 0 unspecified atom stereocenters. The van der Waals surface area contributed by atoms with Crippen LogP contribution in [0.2, 0.25) is 0 Å². The number of carbonyl (C=O) groups excluding carboxylic acids is 3. The zero-order valence-electron chi connectivity index (χ0n) is 14.8. The lowest BCUT2D eigenvalue weighted by molar-refractivity contribution is -0.141. The third kappa shape index (κ3) is 3.13. The number of carbonyl (C=O) groups is 3. The van der Waals surface area contributed by atoms with Crippen molar-refractivity contribution in [2.75, 3.05) is 13.1 Å². The second kappa shape index (κ2) is 6.86. The Kier molecular flexibility index (Phi) is 4.79. The van der Waals surface area contributed by atoms with E-state index in [1.165, 1.54) is 0 Å². The molecule has 0 aliphatic carbocycles. The van der Waals surface area contributed by atoms with Crippen LogP contribution in [0.4, 0.5) is 4.79 Å². The maximum atomic E-state index is 12.9. The van der Waals surface area contributed by atoms with E-state index in [4.69, 9.17) is 0 Å². The fourth-order valence-corrected chi connectivity index (χ4v) is 3.79. The molecule has 1 N–H and O–H groups in total. The molecule has 2 aliphatic heterocycles. The maximum Gasteiger partial charge on any atom is 0.325 e. The number of rotatable bonds is 4. The van der Waals surface area contributed by atoms with E-state index in [1.54, 1.807) is 19.1 Å². The zero-order valence-corrected chi connectivity index (χ0v) is 14.8. The van der Waals surface area contributed by atoms with Crippen LogP contribution < -0.4 is 5.32 Å². The van der Waals surface area contributed by atoms with E-state index in [1.807, 2.05) is 23.1 Å². The van der Waals surface area contributed by atoms with Gasteiger partial charge in [0.2, 0.25) is 5.91 Å². The van der Waals surface area contributed by atoms with E-state index in [0.717, 1.165) is 30.6 Å². The number of benzene rings is 1. The monoisotopic (exact) mass is 343 g/mol. The minimum Gasteiger partial charge on any atom is -0.338 e. The highest BCUT2D eigenvalue weighted by Gasteiger charge is 2.49. The van der Waals surface area contributed by atoms with Crippen molar-refractivity contribution in [3.8, 4) is 0 Å². The summed E-state index contributed by atoms with van der Waals surface area (Å²) in [5.41, 5.74) is -0.405. The van der Waals surface area contributed by atoms with E-state index in [-0.39, 0.29) is 24.4 Å². The van der Waals surface area contributed by atoms with E-state index >= 15 is 0 Å². The van der Waals surface area contributed by atoms with Crippen LogP contribution in [0.15, 0.2) is 30.3 Å². The summed E-state index contributed by atoms with van der Waals surface area (Å²) in [5, 5.41) is 2.75. The number of likely N-dealkylation sites (tertiary alicyclic amines) is 1. The number of nitrogens with zero attached hydrogens (tertiary/aromatic N) is 2. The van der Waals surface area contributed by atoms with Crippen molar-refractivity contribution >= 4 is 17.8 Å². The highest BCUT2D eigenvalue weighted by Crippen LogP contribution is 2.29. The lowest BCUT2D eigenvalue weighted by Gasteiger charge is -2.36. The molecule has 2 atom stereocenters. The molecule has 6 heteroatoms. The number of hydrogen-bond donors (Lipinski definition) is 1. The number of urea groups is 1. The number of piperidine rings is 1. The Bertz CT molecular complexity index is 676. The van der Waals surface area contributed by atoms with Crippen LogP contribution in [-0.4, -0.2) is 46.8 Å². The highest BCUT2D eigenvalue weighted by molar-refractivity contribution is 6.09. The molecule has 2 aliphatic rings. The third-order valence-electron chi connectivity index (χ3n) is 5.34. The molecule has 0 spiro atoms. The van der Waals surface area contributed by atoms with Gasteiger partial charge >= 0.3 is 6.03 Å². The van der Waals surface area contributed by atoms with Crippen LogP contribution in [0.1, 0.15) is 45.1 Å². The summed E-state index contributed by atoms with van der Waals surface area (Å²) in [7, 11) is 0. The molecule has 6 nitrogen and oxygen atoms in total. The molecule has 0 saturated carbocycles. The summed E-state index contributed by atoms with van der Waals surface area (Å²) in [6, 6.07) is 8.83. The first-order valence-corrected chi connectivity index (χ1v) is 8.96. The van der Waals surface area contributed by atoms with Crippen molar-refractivity contribution < 1.29 is 14.4 Å². The summed E-state index contributed by atoms with van der Waals surface area (Å²) in [4.78, 5) is 40.8. The molecule has 3 rings (SSSR count). The third-order valence-corrected chi connectivity index (χ3v) is 5.34. The van der Waals surface area contributed by atoms with Crippen LogP contribution in [0.25, 0.3) is 0 Å². The lowest BCUT2D eigenvalue weighted by atomic mass is 9.92. The lowest BCUT2D eigenvalue weighted by Crippen LogP contribution is -2.49. The van der Waals surface area contributed by atoms with Gasteiger partial charge in [-0.15, -0.1) is 0 Å². The Morgan fingerprint density at radius 2 is 1.96 bits per heavy atom. The van der Waals surface area contributed by atoms with Crippen LogP contribution in [0, 0.1) is 0 Å². The fraction of sp³-hybridized carbons (Fsp3) is 0.526. The van der Waals surface area contributed by atoms with Crippen molar-refractivity contribution in [1.29, 1.82) is 0 Å². The molecule has 25 heavy (non-hydrogen) atoms. The van der Waals surface area contributed by atoms with Crippen LogP contribution >= 0.6 is 0 Å². The van der Waals surface area contributed by atoms with E-state index in [2.05, 4.69) is 12.2 Å². The highest BCUT2D eigenvalue weighted by atomic mass is 16.2. The van der Waals surface area contributed by atoms with E-state index in [9.17, 15) is 14.4 Å². The van der Waals surface area contributed by atoms with Crippen molar-refractivity contribution in [1.82, 2.24) is 15.1 Å². The number of hydrogen-bond acceptors (Lipinski definition) is 3. The summed E-state index contributed by atoms with van der Waals surface area (Å²) < 4.78 is 0. The summed E-state index contributed by atoms with van der Waals surface area (Å²) in [6.45, 7) is 4.26. The van der Waals surface area contributed by atoms with Gasteiger partial charge in [0.25, 0.3) is 5.91 Å². The minimum atomic E-state index is -1.12. The van der Waals surface area contributed by atoms with Gasteiger partial charge in [0.1, 0.15) is 12.1 Å². The SMILES string of the molecule is CC[C@@H]1CCCCN1C(=O)CN1C(=O)N[C@](C)(c2ccccc2)C1=O. The predicted octanol–water partition coefficient (Wildman–Crippen LogP) is 2.24. The average molecular weight is 343 g/mol. The van der Waals surface area contributed by atoms with Gasteiger partial charge in [-0.1, -0.05) is 37.3 Å². The van der Waals surface area contributed by atoms with Crippen LogP contribution in [0.3, 0.4) is 0 Å². The minimum absolute atomic E-state index is 0.146. The quantitative estimate of drug-likeness (QED) is 0.853. The molecule has 2 heterocycles. The Hall–Kier alpha value is -2.37. The van der Waals surface area contributed by atoms with Gasteiger partial charge in [-0.05, 0) is 38.2 Å². The molecule has 134 valence electrons. The van der Waals surface area contributed by atoms with E-state index < -0.39 is 11.6 Å². The number of imide groups is 1. The smallest absolute Gasteiger partial charge is 0.325 e. The average Bonchev–Trinajstić information content (AvgIpc) is 2.86. The molecule has 2 fully saturated rings. The molecule has 0 aromatic heterocycles. The Morgan fingerprint density at radius 3 is 2.64 bits per heavy atom. The molecular weight excluding hydrogens is 318 g/mol. The van der Waals surface area contributed by atoms with Gasteiger partial charge in [0, 0.05) is 12.6 Å². The first kappa shape index (κ1) is 17.5. The Balaban J connectivity index is 1.76. The Morgan fingerprint density at radius 1 is 1.24 bits per heavy atom.